The van der Waals surface area contributed by atoms with E-state index in [0.717, 1.165) is 77.1 Å². The largest absolute Gasteiger partial charge is 0.492 e. The van der Waals surface area contributed by atoms with Gasteiger partial charge < -0.3 is 30.3 Å². The highest BCUT2D eigenvalue weighted by atomic mass is 35.5. The van der Waals surface area contributed by atoms with E-state index >= 15 is 0 Å². The Balaban J connectivity index is 1.08. The molecule has 10 heteroatoms. The van der Waals surface area contributed by atoms with E-state index in [4.69, 9.17) is 26.8 Å². The number of piperidine rings is 1. The number of nitrogen functional groups attached to an aromatic ring is 1. The summed E-state index contributed by atoms with van der Waals surface area (Å²) in [6, 6.07) is 1.81. The number of halogens is 1. The summed E-state index contributed by atoms with van der Waals surface area (Å²) in [6.07, 6.45) is 4.94. The van der Waals surface area contributed by atoms with Gasteiger partial charge in [0.25, 0.3) is 5.91 Å². The summed E-state index contributed by atoms with van der Waals surface area (Å²) in [7, 11) is 0. The molecular weight excluding hydrogens is 470 g/mol. The molecule has 4 aliphatic heterocycles. The topological polar surface area (TPSA) is 100 Å². The van der Waals surface area contributed by atoms with Crippen molar-refractivity contribution in [2.45, 2.75) is 38.2 Å². The summed E-state index contributed by atoms with van der Waals surface area (Å²) in [4.78, 5) is 32.0. The summed E-state index contributed by atoms with van der Waals surface area (Å²) >= 11 is 6.25. The van der Waals surface area contributed by atoms with Gasteiger partial charge in [0.15, 0.2) is 0 Å². The Hall–Kier alpha value is -2.23. The molecule has 3 N–H and O–H groups in total. The van der Waals surface area contributed by atoms with Gasteiger partial charge in [-0.2, -0.15) is 0 Å². The molecule has 0 bridgehead atoms. The Morgan fingerprint density at radius 1 is 1.09 bits per heavy atom. The maximum Gasteiger partial charge on any atom is 0.319 e. The van der Waals surface area contributed by atoms with E-state index in [9.17, 15) is 9.59 Å². The first-order chi connectivity index (χ1) is 17.0. The van der Waals surface area contributed by atoms with Crippen LogP contribution in [0.15, 0.2) is 6.07 Å². The molecule has 35 heavy (non-hydrogen) atoms. The van der Waals surface area contributed by atoms with Gasteiger partial charge in [0.2, 0.25) is 0 Å². The van der Waals surface area contributed by atoms with Crippen molar-refractivity contribution in [2.24, 2.45) is 5.92 Å². The minimum Gasteiger partial charge on any atom is -0.492 e. The number of hydrogen-bond acceptors (Lipinski definition) is 6. The molecule has 192 valence electrons. The van der Waals surface area contributed by atoms with Gasteiger partial charge in [0.1, 0.15) is 5.75 Å². The van der Waals surface area contributed by atoms with Crippen LogP contribution >= 0.6 is 11.6 Å². The predicted octanol–water partition coefficient (Wildman–Crippen LogP) is 2.22. The zero-order valence-electron chi connectivity index (χ0n) is 20.3. The molecule has 9 nitrogen and oxygen atoms in total. The second-order valence-electron chi connectivity index (χ2n) is 10.1. The summed E-state index contributed by atoms with van der Waals surface area (Å²) in [5.41, 5.74) is 7.79. The third-order valence-electron chi connectivity index (χ3n) is 7.71. The van der Waals surface area contributed by atoms with Gasteiger partial charge >= 0.3 is 6.03 Å². The number of carbonyl (C=O) groups is 2. The van der Waals surface area contributed by atoms with Gasteiger partial charge in [-0.3, -0.25) is 9.69 Å². The number of ether oxygens (including phenoxy) is 2. The van der Waals surface area contributed by atoms with Crippen LogP contribution < -0.4 is 15.8 Å². The number of benzene rings is 1. The van der Waals surface area contributed by atoms with Gasteiger partial charge in [0, 0.05) is 64.3 Å². The van der Waals surface area contributed by atoms with E-state index in [-0.39, 0.29) is 18.0 Å². The predicted molar refractivity (Wildman–Crippen MR) is 134 cm³/mol. The van der Waals surface area contributed by atoms with Gasteiger partial charge in [-0.05, 0) is 37.7 Å². The van der Waals surface area contributed by atoms with Gasteiger partial charge in [-0.25, -0.2) is 4.79 Å². The first-order valence-corrected chi connectivity index (χ1v) is 13.3. The van der Waals surface area contributed by atoms with Crippen molar-refractivity contribution in [1.82, 2.24) is 20.0 Å². The molecule has 1 atom stereocenters. The van der Waals surface area contributed by atoms with Crippen LogP contribution in [0.25, 0.3) is 0 Å². The number of morpholine rings is 1. The maximum atomic E-state index is 12.9. The molecular formula is C25H36ClN5O4. The fourth-order valence-corrected chi connectivity index (χ4v) is 5.91. The lowest BCUT2D eigenvalue weighted by Crippen LogP contribution is -2.50. The van der Waals surface area contributed by atoms with Crippen molar-refractivity contribution in [3.8, 4) is 5.75 Å². The minimum absolute atomic E-state index is 0.0669. The molecule has 1 aromatic rings. The first kappa shape index (κ1) is 24.5. The standard InChI is InChI=1S/C25H36ClN5O4/c26-21-13-20(23-19(22(21)27)5-11-35-23)24(32)28-14-18-16-29(10-12-34-18)15-17-3-8-31(9-4-17)25(33)30-6-1-2-7-30/h13,17-18H,1-12,14-16,27H2,(H,28,32). The Labute approximate surface area is 211 Å². The minimum atomic E-state index is -0.221. The Morgan fingerprint density at radius 2 is 1.83 bits per heavy atom. The number of fused-ring (bicyclic) bond motifs is 1. The molecule has 4 heterocycles. The lowest BCUT2D eigenvalue weighted by Gasteiger charge is -2.39. The molecule has 3 saturated heterocycles. The summed E-state index contributed by atoms with van der Waals surface area (Å²) in [5.74, 6) is 0.911. The van der Waals surface area contributed by atoms with Crippen LogP contribution in [0, 0.1) is 5.92 Å². The molecule has 3 amide bonds. The van der Waals surface area contributed by atoms with Crippen molar-refractivity contribution in [3.63, 3.8) is 0 Å². The van der Waals surface area contributed by atoms with E-state index in [0.29, 0.717) is 54.1 Å². The van der Waals surface area contributed by atoms with E-state index < -0.39 is 0 Å². The van der Waals surface area contributed by atoms with E-state index in [1.54, 1.807) is 6.07 Å². The zero-order chi connectivity index (χ0) is 24.4. The number of nitrogens with two attached hydrogens (primary N) is 1. The lowest BCUT2D eigenvalue weighted by atomic mass is 9.96. The van der Waals surface area contributed by atoms with Gasteiger partial charge in [-0.15, -0.1) is 0 Å². The van der Waals surface area contributed by atoms with E-state index in [2.05, 4.69) is 10.2 Å². The second-order valence-corrected chi connectivity index (χ2v) is 10.5. The molecule has 4 aliphatic rings. The fourth-order valence-electron chi connectivity index (χ4n) is 5.69. The number of carbonyl (C=O) groups excluding carboxylic acids is 2. The number of amides is 3. The maximum absolute atomic E-state index is 12.9. The second kappa shape index (κ2) is 10.8. The quantitative estimate of drug-likeness (QED) is 0.595. The van der Waals surface area contributed by atoms with E-state index in [1.807, 2.05) is 9.80 Å². The summed E-state index contributed by atoms with van der Waals surface area (Å²) in [6.45, 7) is 7.78. The molecule has 3 fully saturated rings. The number of likely N-dealkylation sites (tertiary alicyclic amines) is 2. The Morgan fingerprint density at radius 3 is 2.60 bits per heavy atom. The highest BCUT2D eigenvalue weighted by Crippen LogP contribution is 2.38. The van der Waals surface area contributed by atoms with Crippen molar-refractivity contribution in [1.29, 1.82) is 0 Å². The SMILES string of the molecule is Nc1c(Cl)cc(C(=O)NCC2CN(CC3CCN(C(=O)N4CCCC4)CC3)CCO2)c2c1CCO2. The third-order valence-corrected chi connectivity index (χ3v) is 8.02. The van der Waals surface area contributed by atoms with Crippen LogP contribution in [-0.4, -0.2) is 98.3 Å². The van der Waals surface area contributed by atoms with Gasteiger partial charge in [0.05, 0.1) is 35.6 Å². The molecule has 0 spiro atoms. The lowest BCUT2D eigenvalue weighted by molar-refractivity contribution is -0.0332. The Kier molecular flexibility index (Phi) is 7.55. The first-order valence-electron chi connectivity index (χ1n) is 12.9. The number of anilines is 1. The number of hydrogen-bond donors (Lipinski definition) is 2. The average molecular weight is 506 g/mol. The number of urea groups is 1. The third kappa shape index (κ3) is 5.47. The molecule has 1 aromatic carbocycles. The van der Waals surface area contributed by atoms with Crippen molar-refractivity contribution in [2.75, 3.05) is 71.3 Å². The fraction of sp³-hybridized carbons (Fsp3) is 0.680. The normalized spacial score (nSPS) is 23.3. The number of nitrogens with one attached hydrogen (secondary N) is 1. The Bertz CT molecular complexity index is 946. The summed E-state index contributed by atoms with van der Waals surface area (Å²) in [5, 5.41) is 3.38. The molecule has 5 rings (SSSR count). The van der Waals surface area contributed by atoms with Crippen molar-refractivity contribution >= 4 is 29.2 Å². The molecule has 0 saturated carbocycles. The molecule has 0 aliphatic carbocycles. The van der Waals surface area contributed by atoms with Crippen LogP contribution in [0.2, 0.25) is 5.02 Å². The summed E-state index contributed by atoms with van der Waals surface area (Å²) < 4.78 is 11.6. The molecule has 0 radical (unpaired) electrons. The average Bonchev–Trinajstić information content (AvgIpc) is 3.58. The number of rotatable bonds is 5. The number of nitrogens with zero attached hydrogens (tertiary/aromatic N) is 3. The van der Waals surface area contributed by atoms with Crippen LogP contribution in [0.1, 0.15) is 41.6 Å². The van der Waals surface area contributed by atoms with Crippen LogP contribution in [-0.2, 0) is 11.2 Å². The van der Waals surface area contributed by atoms with Crippen LogP contribution in [0.5, 0.6) is 5.75 Å². The highest BCUT2D eigenvalue weighted by molar-refractivity contribution is 6.33. The molecule has 0 aromatic heterocycles. The monoisotopic (exact) mass is 505 g/mol. The van der Waals surface area contributed by atoms with Crippen molar-refractivity contribution in [3.05, 3.63) is 22.2 Å². The van der Waals surface area contributed by atoms with E-state index in [1.165, 1.54) is 0 Å². The molecule has 1 unspecified atom stereocenters. The van der Waals surface area contributed by atoms with Crippen LogP contribution in [0.4, 0.5) is 10.5 Å². The van der Waals surface area contributed by atoms with Crippen molar-refractivity contribution < 1.29 is 19.1 Å². The smallest absolute Gasteiger partial charge is 0.319 e. The zero-order valence-corrected chi connectivity index (χ0v) is 21.0. The van der Waals surface area contributed by atoms with Gasteiger partial charge in [-0.1, -0.05) is 11.6 Å². The van der Waals surface area contributed by atoms with Crippen LogP contribution in [0.3, 0.4) is 0 Å². The highest BCUT2D eigenvalue weighted by Gasteiger charge is 2.30.